The Labute approximate surface area is 77.7 Å². The minimum Gasteiger partial charge on any atom is -0.480 e. The standard InChI is InChI=1S/C9H17NO3/c10-8(9(12)13)5-6-2-1-3-7(11)4-6/h6-8,11H,1-5,10H2,(H,12,13)/t6?,7?,8-/m0/s1. The Kier molecular flexibility index (Phi) is 3.69. The predicted molar refractivity (Wildman–Crippen MR) is 48.2 cm³/mol. The van der Waals surface area contributed by atoms with Crippen LogP contribution in [-0.2, 0) is 4.79 Å². The van der Waals surface area contributed by atoms with E-state index in [2.05, 4.69) is 0 Å². The van der Waals surface area contributed by atoms with Gasteiger partial charge in [-0.1, -0.05) is 12.8 Å². The first-order valence-corrected chi connectivity index (χ1v) is 4.76. The number of hydrogen-bond donors (Lipinski definition) is 3. The van der Waals surface area contributed by atoms with E-state index in [-0.39, 0.29) is 12.0 Å². The smallest absolute Gasteiger partial charge is 0.320 e. The van der Waals surface area contributed by atoms with Gasteiger partial charge >= 0.3 is 5.97 Å². The summed E-state index contributed by atoms with van der Waals surface area (Å²) in [5.41, 5.74) is 5.41. The second kappa shape index (κ2) is 4.58. The van der Waals surface area contributed by atoms with Gasteiger partial charge in [-0.25, -0.2) is 0 Å². The molecule has 1 rings (SSSR count). The van der Waals surface area contributed by atoms with Crippen molar-refractivity contribution in [2.24, 2.45) is 11.7 Å². The molecule has 0 saturated heterocycles. The maximum absolute atomic E-state index is 10.5. The zero-order chi connectivity index (χ0) is 9.84. The fourth-order valence-corrected chi connectivity index (χ4v) is 1.94. The van der Waals surface area contributed by atoms with Crippen LogP contribution in [0.1, 0.15) is 32.1 Å². The first-order valence-electron chi connectivity index (χ1n) is 4.76. The quantitative estimate of drug-likeness (QED) is 0.595. The number of aliphatic carboxylic acids is 1. The van der Waals surface area contributed by atoms with Gasteiger partial charge in [0.15, 0.2) is 0 Å². The van der Waals surface area contributed by atoms with Crippen LogP contribution >= 0.6 is 0 Å². The normalized spacial score (nSPS) is 31.2. The molecule has 0 bridgehead atoms. The molecule has 0 aromatic rings. The van der Waals surface area contributed by atoms with Crippen molar-refractivity contribution in [3.05, 3.63) is 0 Å². The Hall–Kier alpha value is -0.610. The number of carboxylic acids is 1. The predicted octanol–water partition coefficient (Wildman–Crippen LogP) is 0.339. The summed E-state index contributed by atoms with van der Waals surface area (Å²) in [6, 6.07) is -0.768. The average molecular weight is 187 g/mol. The Morgan fingerprint density at radius 1 is 1.54 bits per heavy atom. The van der Waals surface area contributed by atoms with Crippen LogP contribution in [0.15, 0.2) is 0 Å². The van der Waals surface area contributed by atoms with E-state index in [1.54, 1.807) is 0 Å². The maximum atomic E-state index is 10.5. The van der Waals surface area contributed by atoms with Crippen molar-refractivity contribution in [1.29, 1.82) is 0 Å². The van der Waals surface area contributed by atoms with E-state index >= 15 is 0 Å². The highest BCUT2D eigenvalue weighted by molar-refractivity contribution is 5.73. The molecule has 0 radical (unpaired) electrons. The summed E-state index contributed by atoms with van der Waals surface area (Å²) in [4.78, 5) is 10.5. The topological polar surface area (TPSA) is 83.5 Å². The van der Waals surface area contributed by atoms with E-state index < -0.39 is 12.0 Å². The fourth-order valence-electron chi connectivity index (χ4n) is 1.94. The molecule has 1 fully saturated rings. The molecule has 4 heteroatoms. The Morgan fingerprint density at radius 2 is 2.23 bits per heavy atom. The minimum atomic E-state index is -0.944. The van der Waals surface area contributed by atoms with Crippen LogP contribution in [0.25, 0.3) is 0 Å². The van der Waals surface area contributed by atoms with Crippen LogP contribution in [0.3, 0.4) is 0 Å². The lowest BCUT2D eigenvalue weighted by atomic mass is 9.83. The molecule has 13 heavy (non-hydrogen) atoms. The van der Waals surface area contributed by atoms with Crippen molar-refractivity contribution < 1.29 is 15.0 Å². The molecule has 4 N–H and O–H groups in total. The van der Waals surface area contributed by atoms with E-state index in [1.165, 1.54) is 0 Å². The van der Waals surface area contributed by atoms with Gasteiger partial charge in [0.1, 0.15) is 6.04 Å². The molecule has 0 aromatic carbocycles. The fraction of sp³-hybridized carbons (Fsp3) is 0.889. The van der Waals surface area contributed by atoms with Crippen molar-refractivity contribution in [2.75, 3.05) is 0 Å². The molecule has 2 unspecified atom stereocenters. The van der Waals surface area contributed by atoms with E-state index in [4.69, 9.17) is 10.8 Å². The van der Waals surface area contributed by atoms with Crippen molar-refractivity contribution >= 4 is 5.97 Å². The molecule has 0 aliphatic heterocycles. The van der Waals surface area contributed by atoms with E-state index in [1.807, 2.05) is 0 Å². The summed E-state index contributed by atoms with van der Waals surface area (Å²) in [6.07, 6.45) is 3.78. The molecule has 0 aromatic heterocycles. The summed E-state index contributed by atoms with van der Waals surface area (Å²) < 4.78 is 0. The van der Waals surface area contributed by atoms with Crippen LogP contribution in [0.2, 0.25) is 0 Å². The molecule has 4 nitrogen and oxygen atoms in total. The summed E-state index contributed by atoms with van der Waals surface area (Å²) in [7, 11) is 0. The van der Waals surface area contributed by atoms with Gasteiger partial charge in [0.2, 0.25) is 0 Å². The van der Waals surface area contributed by atoms with Crippen LogP contribution in [-0.4, -0.2) is 28.3 Å². The minimum absolute atomic E-state index is 0.250. The molecule has 1 saturated carbocycles. The van der Waals surface area contributed by atoms with Gasteiger partial charge in [0.05, 0.1) is 6.10 Å². The van der Waals surface area contributed by atoms with Crippen LogP contribution < -0.4 is 5.73 Å². The molecule has 0 heterocycles. The van der Waals surface area contributed by atoms with Crippen molar-refractivity contribution in [3.8, 4) is 0 Å². The second-order valence-electron chi connectivity index (χ2n) is 3.87. The van der Waals surface area contributed by atoms with Crippen LogP contribution in [0.5, 0.6) is 0 Å². The number of rotatable bonds is 3. The third-order valence-electron chi connectivity index (χ3n) is 2.66. The van der Waals surface area contributed by atoms with Crippen molar-refractivity contribution in [2.45, 2.75) is 44.2 Å². The molecular formula is C9H17NO3. The number of aliphatic hydroxyl groups excluding tert-OH is 1. The zero-order valence-corrected chi connectivity index (χ0v) is 7.65. The zero-order valence-electron chi connectivity index (χ0n) is 7.65. The first kappa shape index (κ1) is 10.5. The first-order chi connectivity index (χ1) is 6.09. The van der Waals surface area contributed by atoms with Gasteiger partial charge in [0, 0.05) is 0 Å². The van der Waals surface area contributed by atoms with Gasteiger partial charge in [0.25, 0.3) is 0 Å². The summed E-state index contributed by atoms with van der Waals surface area (Å²) in [5, 5.41) is 17.9. The lowest BCUT2D eigenvalue weighted by molar-refractivity contribution is -0.139. The van der Waals surface area contributed by atoms with Crippen LogP contribution in [0.4, 0.5) is 0 Å². The Balaban J connectivity index is 2.31. The molecule has 1 aliphatic rings. The van der Waals surface area contributed by atoms with Gasteiger partial charge in [-0.05, 0) is 25.2 Å². The van der Waals surface area contributed by atoms with Gasteiger partial charge < -0.3 is 15.9 Å². The van der Waals surface area contributed by atoms with E-state index in [0.717, 1.165) is 19.3 Å². The molecule has 0 spiro atoms. The highest BCUT2D eigenvalue weighted by Gasteiger charge is 2.24. The highest BCUT2D eigenvalue weighted by Crippen LogP contribution is 2.27. The average Bonchev–Trinajstić information content (AvgIpc) is 2.04. The monoisotopic (exact) mass is 187 g/mol. The third-order valence-corrected chi connectivity index (χ3v) is 2.66. The molecule has 1 aliphatic carbocycles. The number of carbonyl (C=O) groups is 1. The molecule has 0 amide bonds. The van der Waals surface area contributed by atoms with Crippen LogP contribution in [0, 0.1) is 5.92 Å². The van der Waals surface area contributed by atoms with Gasteiger partial charge in [-0.3, -0.25) is 4.79 Å². The summed E-state index contributed by atoms with van der Waals surface area (Å²) in [5.74, 6) is -0.657. The van der Waals surface area contributed by atoms with Gasteiger partial charge in [-0.15, -0.1) is 0 Å². The Bertz CT molecular complexity index is 184. The number of aliphatic hydroxyl groups is 1. The number of carboxylic acid groups (broad SMARTS) is 1. The van der Waals surface area contributed by atoms with E-state index in [0.29, 0.717) is 12.8 Å². The van der Waals surface area contributed by atoms with Gasteiger partial charge in [-0.2, -0.15) is 0 Å². The number of hydrogen-bond acceptors (Lipinski definition) is 3. The lowest BCUT2D eigenvalue weighted by Crippen LogP contribution is -2.34. The molecular weight excluding hydrogens is 170 g/mol. The lowest BCUT2D eigenvalue weighted by Gasteiger charge is -2.26. The Morgan fingerprint density at radius 3 is 2.77 bits per heavy atom. The molecule has 76 valence electrons. The maximum Gasteiger partial charge on any atom is 0.320 e. The largest absolute Gasteiger partial charge is 0.480 e. The van der Waals surface area contributed by atoms with E-state index in [9.17, 15) is 9.90 Å². The van der Waals surface area contributed by atoms with Crippen molar-refractivity contribution in [3.63, 3.8) is 0 Å². The third kappa shape index (κ3) is 3.32. The summed E-state index contributed by atoms with van der Waals surface area (Å²) >= 11 is 0. The van der Waals surface area contributed by atoms with Crippen molar-refractivity contribution in [1.82, 2.24) is 0 Å². The molecule has 3 atom stereocenters. The number of nitrogens with two attached hydrogens (primary N) is 1. The highest BCUT2D eigenvalue weighted by atomic mass is 16.4. The second-order valence-corrected chi connectivity index (χ2v) is 3.87. The SMILES string of the molecule is N[C@@H](CC1CCCC(O)C1)C(=O)O. The summed E-state index contributed by atoms with van der Waals surface area (Å²) in [6.45, 7) is 0.